The number of amides is 1. The fraction of sp³-hybridized carbons (Fsp3) is 0.632. The van der Waals surface area contributed by atoms with Gasteiger partial charge in [-0.3, -0.25) is 9.48 Å². The van der Waals surface area contributed by atoms with Crippen molar-refractivity contribution in [3.8, 4) is 0 Å². The van der Waals surface area contributed by atoms with Gasteiger partial charge in [0, 0.05) is 29.9 Å². The Bertz CT molecular complexity index is 901. The zero-order valence-corrected chi connectivity index (χ0v) is 17.3. The molecule has 0 spiro atoms. The third-order valence-corrected chi connectivity index (χ3v) is 5.51. The van der Waals surface area contributed by atoms with Gasteiger partial charge in [-0.25, -0.2) is 4.68 Å². The van der Waals surface area contributed by atoms with Gasteiger partial charge < -0.3 is 10.6 Å². The van der Waals surface area contributed by atoms with Crippen LogP contribution in [0.25, 0.3) is 0 Å². The monoisotopic (exact) mass is 412 g/mol. The predicted octanol–water partition coefficient (Wildman–Crippen LogP) is 3.90. The number of nitrogens with zero attached hydrogens (tertiary/aromatic N) is 4. The molecule has 1 aliphatic heterocycles. The Morgan fingerprint density at radius 1 is 1.34 bits per heavy atom. The summed E-state index contributed by atoms with van der Waals surface area (Å²) in [5, 5.41) is 14.3. The van der Waals surface area contributed by atoms with Crippen LogP contribution in [0.4, 0.5) is 19.0 Å². The van der Waals surface area contributed by atoms with Gasteiger partial charge in [0.2, 0.25) is 0 Å². The maximum Gasteiger partial charge on any atom is 0.410 e. The SMILES string of the molecule is CC[C@@H]1C[C@H](C(F)(F)F)n2nc(C(=O)NC(C)c3c(C)nn(CC)c3C)cc2N1. The average molecular weight is 412 g/mol. The fourth-order valence-electron chi connectivity index (χ4n) is 4.02. The van der Waals surface area contributed by atoms with Crippen molar-refractivity contribution in [2.75, 3.05) is 5.32 Å². The number of anilines is 1. The highest BCUT2D eigenvalue weighted by molar-refractivity contribution is 5.93. The molecule has 0 fully saturated rings. The van der Waals surface area contributed by atoms with Crippen LogP contribution in [0.1, 0.15) is 73.1 Å². The van der Waals surface area contributed by atoms with Crippen LogP contribution in [0.2, 0.25) is 0 Å². The van der Waals surface area contributed by atoms with Crippen LogP contribution in [0.15, 0.2) is 6.07 Å². The van der Waals surface area contributed by atoms with Gasteiger partial charge in [0.15, 0.2) is 11.7 Å². The first-order valence-electron chi connectivity index (χ1n) is 9.84. The van der Waals surface area contributed by atoms with Gasteiger partial charge in [-0.2, -0.15) is 23.4 Å². The maximum absolute atomic E-state index is 13.5. The molecule has 0 bridgehead atoms. The largest absolute Gasteiger partial charge is 0.410 e. The Morgan fingerprint density at radius 2 is 2.03 bits per heavy atom. The Morgan fingerprint density at radius 3 is 2.59 bits per heavy atom. The molecule has 1 aliphatic rings. The molecule has 10 heteroatoms. The first kappa shape index (κ1) is 21.2. The molecular weight excluding hydrogens is 385 g/mol. The van der Waals surface area contributed by atoms with E-state index < -0.39 is 18.1 Å². The van der Waals surface area contributed by atoms with Crippen molar-refractivity contribution in [2.24, 2.45) is 0 Å². The first-order valence-corrected chi connectivity index (χ1v) is 9.84. The van der Waals surface area contributed by atoms with Crippen molar-refractivity contribution >= 4 is 11.7 Å². The molecule has 29 heavy (non-hydrogen) atoms. The molecule has 1 amide bonds. The van der Waals surface area contributed by atoms with Crippen molar-refractivity contribution in [2.45, 2.75) is 78.3 Å². The summed E-state index contributed by atoms with van der Waals surface area (Å²) in [5.41, 5.74) is 2.63. The molecular formula is C19H27F3N6O. The van der Waals surface area contributed by atoms with Crippen LogP contribution in [0.5, 0.6) is 0 Å². The lowest BCUT2D eigenvalue weighted by Crippen LogP contribution is -2.39. The summed E-state index contributed by atoms with van der Waals surface area (Å²) < 4.78 is 43.2. The smallest absolute Gasteiger partial charge is 0.367 e. The van der Waals surface area contributed by atoms with E-state index in [0.717, 1.165) is 21.6 Å². The summed E-state index contributed by atoms with van der Waals surface area (Å²) in [6, 6.07) is -1.02. The summed E-state index contributed by atoms with van der Waals surface area (Å²) in [5.74, 6) is -0.299. The summed E-state index contributed by atoms with van der Waals surface area (Å²) >= 11 is 0. The van der Waals surface area contributed by atoms with Gasteiger partial charge in [0.25, 0.3) is 5.91 Å². The predicted molar refractivity (Wildman–Crippen MR) is 103 cm³/mol. The van der Waals surface area contributed by atoms with Crippen LogP contribution in [0, 0.1) is 13.8 Å². The van der Waals surface area contributed by atoms with Crippen LogP contribution >= 0.6 is 0 Å². The molecule has 0 saturated heterocycles. The lowest BCUT2D eigenvalue weighted by Gasteiger charge is -2.32. The Labute approximate surface area is 167 Å². The number of nitrogens with one attached hydrogen (secondary N) is 2. The minimum atomic E-state index is -4.43. The van der Waals surface area contributed by atoms with Gasteiger partial charge >= 0.3 is 6.18 Å². The molecule has 0 aliphatic carbocycles. The number of hydrogen-bond donors (Lipinski definition) is 2. The molecule has 1 unspecified atom stereocenters. The van der Waals surface area contributed by atoms with Crippen LogP contribution in [-0.2, 0) is 6.54 Å². The number of fused-ring (bicyclic) bond motifs is 1. The van der Waals surface area contributed by atoms with Gasteiger partial charge in [0.1, 0.15) is 5.82 Å². The number of aryl methyl sites for hydroxylation is 2. The van der Waals surface area contributed by atoms with E-state index in [2.05, 4.69) is 20.8 Å². The molecule has 0 radical (unpaired) electrons. The lowest BCUT2D eigenvalue weighted by atomic mass is 10.0. The third-order valence-electron chi connectivity index (χ3n) is 5.51. The molecule has 7 nitrogen and oxygen atoms in total. The Balaban J connectivity index is 1.84. The number of halogens is 3. The topological polar surface area (TPSA) is 76.8 Å². The van der Waals surface area contributed by atoms with Crippen molar-refractivity contribution < 1.29 is 18.0 Å². The molecule has 3 atom stereocenters. The molecule has 160 valence electrons. The van der Waals surface area contributed by atoms with Gasteiger partial charge in [-0.1, -0.05) is 6.92 Å². The minimum Gasteiger partial charge on any atom is -0.367 e. The van der Waals surface area contributed by atoms with Crippen molar-refractivity contribution in [1.82, 2.24) is 24.9 Å². The van der Waals surface area contributed by atoms with Crippen LogP contribution in [-0.4, -0.2) is 37.7 Å². The average Bonchev–Trinajstić information content (AvgIpc) is 3.20. The maximum atomic E-state index is 13.5. The Kier molecular flexibility index (Phi) is 5.64. The number of rotatable bonds is 5. The van der Waals surface area contributed by atoms with E-state index >= 15 is 0 Å². The van der Waals surface area contributed by atoms with Gasteiger partial charge in [0.05, 0.1) is 11.7 Å². The molecule has 2 aromatic heterocycles. The highest BCUT2D eigenvalue weighted by Gasteiger charge is 2.46. The van der Waals surface area contributed by atoms with Crippen molar-refractivity contribution in [3.05, 3.63) is 28.7 Å². The number of aromatic nitrogens is 4. The zero-order chi connectivity index (χ0) is 21.5. The molecule has 2 N–H and O–H groups in total. The number of alkyl halides is 3. The highest BCUT2D eigenvalue weighted by Crippen LogP contribution is 2.40. The van der Waals surface area contributed by atoms with Crippen molar-refractivity contribution in [3.63, 3.8) is 0 Å². The van der Waals surface area contributed by atoms with Crippen molar-refractivity contribution in [1.29, 1.82) is 0 Å². The quantitative estimate of drug-likeness (QED) is 0.781. The van der Waals surface area contributed by atoms with Gasteiger partial charge in [-0.15, -0.1) is 0 Å². The fourth-order valence-corrected chi connectivity index (χ4v) is 4.02. The first-order chi connectivity index (χ1) is 13.6. The summed E-state index contributed by atoms with van der Waals surface area (Å²) in [6.07, 6.45) is -3.99. The van der Waals surface area contributed by atoms with E-state index in [1.165, 1.54) is 6.07 Å². The summed E-state index contributed by atoms with van der Waals surface area (Å²) in [4.78, 5) is 12.7. The number of carbonyl (C=O) groups is 1. The minimum absolute atomic E-state index is 0.0384. The second-order valence-corrected chi connectivity index (χ2v) is 7.50. The number of carbonyl (C=O) groups excluding carboxylic acids is 1. The van der Waals surface area contributed by atoms with Gasteiger partial charge in [-0.05, 0) is 40.5 Å². The van der Waals surface area contributed by atoms with Crippen LogP contribution < -0.4 is 10.6 Å². The third kappa shape index (κ3) is 3.97. The standard InChI is InChI=1S/C19H27F3N6O/c1-6-13-8-15(19(20,21)22)28-16(24-13)9-14(26-28)18(29)23-10(3)17-11(4)25-27(7-2)12(17)5/h9-10,13,15,24H,6-8H2,1-5H3,(H,23,29)/t10?,13-,15-/m1/s1. The Hall–Kier alpha value is -2.52. The normalized spacial score (nSPS) is 20.1. The van der Waals surface area contributed by atoms with E-state index in [-0.39, 0.29) is 30.0 Å². The van der Waals surface area contributed by atoms with E-state index in [9.17, 15) is 18.0 Å². The molecule has 3 rings (SSSR count). The van der Waals surface area contributed by atoms with E-state index in [0.29, 0.717) is 13.0 Å². The lowest BCUT2D eigenvalue weighted by molar-refractivity contribution is -0.173. The zero-order valence-electron chi connectivity index (χ0n) is 17.3. The second-order valence-electron chi connectivity index (χ2n) is 7.50. The molecule has 2 aromatic rings. The molecule has 0 aromatic carbocycles. The summed E-state index contributed by atoms with van der Waals surface area (Å²) in [6.45, 7) is 10.1. The second kappa shape index (κ2) is 7.72. The van der Waals surface area contributed by atoms with E-state index in [4.69, 9.17) is 0 Å². The molecule has 3 heterocycles. The summed E-state index contributed by atoms with van der Waals surface area (Å²) in [7, 11) is 0. The van der Waals surface area contributed by atoms with E-state index in [1.54, 1.807) is 0 Å². The highest BCUT2D eigenvalue weighted by atomic mass is 19.4. The van der Waals surface area contributed by atoms with Crippen LogP contribution in [0.3, 0.4) is 0 Å². The number of hydrogen-bond acceptors (Lipinski definition) is 4. The molecule has 0 saturated carbocycles. The van der Waals surface area contributed by atoms with E-state index in [1.807, 2.05) is 39.3 Å².